The van der Waals surface area contributed by atoms with E-state index in [-0.39, 0.29) is 13.2 Å². The molecule has 0 saturated carbocycles. The zero-order chi connectivity index (χ0) is 17.6. The number of ether oxygens (including phenoxy) is 1. The van der Waals surface area contributed by atoms with Crippen molar-refractivity contribution in [1.82, 2.24) is 10.2 Å². The van der Waals surface area contributed by atoms with E-state index in [4.69, 9.17) is 9.84 Å². The van der Waals surface area contributed by atoms with Gasteiger partial charge in [-0.15, -0.1) is 0 Å². The Balaban J connectivity index is 2.79. The first kappa shape index (κ1) is 18.9. The van der Waals surface area contributed by atoms with Crippen molar-refractivity contribution in [3.05, 3.63) is 22.1 Å². The van der Waals surface area contributed by atoms with Gasteiger partial charge >= 0.3 is 12.1 Å². The lowest BCUT2D eigenvalue weighted by atomic mass is 10.2. The minimum absolute atomic E-state index is 0.173. The summed E-state index contributed by atoms with van der Waals surface area (Å²) in [5, 5.41) is 25.1. The Morgan fingerprint density at radius 1 is 1.48 bits per heavy atom. The van der Waals surface area contributed by atoms with Crippen LogP contribution >= 0.6 is 0 Å². The Labute approximate surface area is 128 Å². The highest BCUT2D eigenvalue weighted by Crippen LogP contribution is 2.31. The monoisotopic (exact) mass is 339 g/mol. The maximum absolute atomic E-state index is 12.9. The number of carboxylic acids is 1. The molecule has 0 aromatic carbocycles. The number of nitrogens with zero attached hydrogens (tertiary/aromatic N) is 1. The van der Waals surface area contributed by atoms with Gasteiger partial charge in [0.1, 0.15) is 5.56 Å². The zero-order valence-electron chi connectivity index (χ0n) is 12.1. The molecule has 2 atom stereocenters. The summed E-state index contributed by atoms with van der Waals surface area (Å²) in [6.07, 6.45) is -4.13. The van der Waals surface area contributed by atoms with Crippen LogP contribution in [-0.2, 0) is 15.7 Å². The standard InChI is InChI=1S/C12H16F3N3O5/c1-6(11(21)22)4-23-5-7(3-19)17-8-2-16-18-10(20)9(8)12(13,14)15/h2,6-7,19H,3-5H2,1H3,(H,21,22)(H2,17,18,20)/t6?,7-/m0/s1. The van der Waals surface area contributed by atoms with E-state index in [0.29, 0.717) is 0 Å². The normalized spacial score (nSPS) is 14.3. The van der Waals surface area contributed by atoms with E-state index in [1.807, 2.05) is 0 Å². The van der Waals surface area contributed by atoms with Crippen LogP contribution in [0.25, 0.3) is 0 Å². The van der Waals surface area contributed by atoms with Gasteiger partial charge in [0.25, 0.3) is 5.56 Å². The van der Waals surface area contributed by atoms with E-state index < -0.39 is 47.5 Å². The molecule has 0 radical (unpaired) electrons. The van der Waals surface area contributed by atoms with Gasteiger partial charge < -0.3 is 20.3 Å². The van der Waals surface area contributed by atoms with Crippen molar-refractivity contribution < 1.29 is 32.9 Å². The number of hydrogen-bond donors (Lipinski definition) is 4. The fourth-order valence-electron chi connectivity index (χ4n) is 1.61. The summed E-state index contributed by atoms with van der Waals surface area (Å²) in [7, 11) is 0. The van der Waals surface area contributed by atoms with Gasteiger partial charge in [-0.1, -0.05) is 0 Å². The molecule has 0 aliphatic heterocycles. The highest BCUT2D eigenvalue weighted by atomic mass is 19.4. The van der Waals surface area contributed by atoms with E-state index in [0.717, 1.165) is 6.20 Å². The smallest absolute Gasteiger partial charge is 0.423 e. The number of rotatable bonds is 8. The van der Waals surface area contributed by atoms with Crippen molar-refractivity contribution in [2.75, 3.05) is 25.1 Å². The molecule has 0 saturated heterocycles. The summed E-state index contributed by atoms with van der Waals surface area (Å²) in [5.74, 6) is -1.89. The first-order chi connectivity index (χ1) is 10.7. The number of H-pyrrole nitrogens is 1. The molecule has 1 aromatic rings. The lowest BCUT2D eigenvalue weighted by Crippen LogP contribution is -2.33. The maximum Gasteiger partial charge on any atom is 0.423 e. The molecule has 4 N–H and O–H groups in total. The molecule has 1 rings (SSSR count). The number of halogens is 3. The number of aliphatic carboxylic acids is 1. The summed E-state index contributed by atoms with van der Waals surface area (Å²) >= 11 is 0. The second-order valence-electron chi connectivity index (χ2n) is 4.79. The van der Waals surface area contributed by atoms with E-state index >= 15 is 0 Å². The quantitative estimate of drug-likeness (QED) is 0.537. The van der Waals surface area contributed by atoms with Crippen molar-refractivity contribution in [2.45, 2.75) is 19.1 Å². The van der Waals surface area contributed by atoms with Gasteiger partial charge in [0, 0.05) is 0 Å². The van der Waals surface area contributed by atoms with Gasteiger partial charge in [0.15, 0.2) is 0 Å². The largest absolute Gasteiger partial charge is 0.481 e. The molecule has 0 amide bonds. The van der Waals surface area contributed by atoms with Crippen LogP contribution in [0.15, 0.2) is 11.0 Å². The molecule has 130 valence electrons. The number of carboxylic acid groups (broad SMARTS) is 1. The van der Waals surface area contributed by atoms with Crippen LogP contribution in [0.4, 0.5) is 18.9 Å². The summed E-state index contributed by atoms with van der Waals surface area (Å²) in [5.41, 5.74) is -3.49. The highest BCUT2D eigenvalue weighted by molar-refractivity contribution is 5.69. The number of carbonyl (C=O) groups is 1. The van der Waals surface area contributed by atoms with Crippen LogP contribution in [0.2, 0.25) is 0 Å². The molecule has 0 spiro atoms. The zero-order valence-corrected chi connectivity index (χ0v) is 12.1. The molecule has 8 nitrogen and oxygen atoms in total. The summed E-state index contributed by atoms with van der Waals surface area (Å²) in [4.78, 5) is 21.9. The van der Waals surface area contributed by atoms with Gasteiger partial charge in [-0.3, -0.25) is 9.59 Å². The van der Waals surface area contributed by atoms with Crippen LogP contribution in [0, 0.1) is 5.92 Å². The Kier molecular flexibility index (Phi) is 6.51. The lowest BCUT2D eigenvalue weighted by molar-refractivity contribution is -0.143. The number of hydrogen-bond acceptors (Lipinski definition) is 6. The topological polar surface area (TPSA) is 125 Å². The van der Waals surface area contributed by atoms with Crippen molar-refractivity contribution in [2.24, 2.45) is 5.92 Å². The van der Waals surface area contributed by atoms with Crippen LogP contribution in [0.1, 0.15) is 12.5 Å². The minimum atomic E-state index is -4.91. The summed E-state index contributed by atoms with van der Waals surface area (Å²) < 4.78 is 43.6. The summed E-state index contributed by atoms with van der Waals surface area (Å²) in [6, 6.07) is -0.972. The molecule has 0 fully saturated rings. The van der Waals surface area contributed by atoms with Crippen molar-refractivity contribution in [1.29, 1.82) is 0 Å². The van der Waals surface area contributed by atoms with Crippen LogP contribution in [0.5, 0.6) is 0 Å². The van der Waals surface area contributed by atoms with Crippen molar-refractivity contribution in [3.63, 3.8) is 0 Å². The lowest BCUT2D eigenvalue weighted by Gasteiger charge is -2.20. The molecule has 1 heterocycles. The Morgan fingerprint density at radius 3 is 2.65 bits per heavy atom. The molecule has 1 unspecified atom stereocenters. The van der Waals surface area contributed by atoms with Crippen LogP contribution in [0.3, 0.4) is 0 Å². The number of alkyl halides is 3. The van der Waals surface area contributed by atoms with E-state index in [2.05, 4.69) is 10.4 Å². The first-order valence-electron chi connectivity index (χ1n) is 6.49. The van der Waals surface area contributed by atoms with Crippen molar-refractivity contribution in [3.8, 4) is 0 Å². The van der Waals surface area contributed by atoms with E-state index in [1.165, 1.54) is 6.92 Å². The maximum atomic E-state index is 12.9. The number of nitrogens with one attached hydrogen (secondary N) is 2. The first-order valence-corrected chi connectivity index (χ1v) is 6.49. The van der Waals surface area contributed by atoms with Crippen molar-refractivity contribution >= 4 is 11.7 Å². The second-order valence-corrected chi connectivity index (χ2v) is 4.79. The predicted octanol–water partition coefficient (Wildman–Crippen LogP) is 0.299. The van der Waals surface area contributed by atoms with Gasteiger partial charge in [-0.2, -0.15) is 18.3 Å². The molecular weight excluding hydrogens is 323 g/mol. The fourth-order valence-corrected chi connectivity index (χ4v) is 1.61. The second kappa shape index (κ2) is 7.92. The molecule has 0 bridgehead atoms. The van der Waals surface area contributed by atoms with E-state index in [1.54, 1.807) is 5.10 Å². The number of aliphatic hydroxyl groups excluding tert-OH is 1. The van der Waals surface area contributed by atoms with Gasteiger partial charge in [0.05, 0.1) is 43.7 Å². The highest BCUT2D eigenvalue weighted by Gasteiger charge is 2.37. The molecular formula is C12H16F3N3O5. The van der Waals surface area contributed by atoms with Crippen LogP contribution < -0.4 is 10.9 Å². The van der Waals surface area contributed by atoms with Gasteiger partial charge in [0.2, 0.25) is 0 Å². The van der Waals surface area contributed by atoms with Gasteiger partial charge in [-0.05, 0) is 6.92 Å². The Bertz CT molecular complexity index is 590. The number of aromatic amines is 1. The third kappa shape index (κ3) is 5.53. The number of aliphatic hydroxyl groups is 1. The molecule has 0 aliphatic rings. The minimum Gasteiger partial charge on any atom is -0.481 e. The molecule has 23 heavy (non-hydrogen) atoms. The molecule has 1 aromatic heterocycles. The molecule has 0 aliphatic carbocycles. The molecule has 11 heteroatoms. The van der Waals surface area contributed by atoms with Crippen LogP contribution in [-0.4, -0.2) is 52.2 Å². The number of anilines is 1. The average Bonchev–Trinajstić information content (AvgIpc) is 2.44. The third-order valence-corrected chi connectivity index (χ3v) is 2.83. The fraction of sp³-hybridized carbons (Fsp3) is 0.583. The number of aromatic nitrogens is 2. The Hall–Kier alpha value is -2.14. The average molecular weight is 339 g/mol. The third-order valence-electron chi connectivity index (χ3n) is 2.83. The predicted molar refractivity (Wildman–Crippen MR) is 72.0 cm³/mol. The summed E-state index contributed by atoms with van der Waals surface area (Å²) in [6.45, 7) is 0.378. The SMILES string of the molecule is CC(COC[C@H](CO)Nc1cn[nH]c(=O)c1C(F)(F)F)C(=O)O. The van der Waals surface area contributed by atoms with Gasteiger partial charge in [-0.25, -0.2) is 5.10 Å². The Morgan fingerprint density at radius 2 is 2.13 bits per heavy atom. The van der Waals surface area contributed by atoms with E-state index in [9.17, 15) is 27.9 Å².